The first-order chi connectivity index (χ1) is 9.58. The Morgan fingerprint density at radius 2 is 2.05 bits per heavy atom. The summed E-state index contributed by atoms with van der Waals surface area (Å²) in [4.78, 5) is 13.5. The fourth-order valence-electron chi connectivity index (χ4n) is 2.77. The predicted molar refractivity (Wildman–Crippen MR) is 76.2 cm³/mol. The molecule has 5 nitrogen and oxygen atoms in total. The van der Waals surface area contributed by atoms with Gasteiger partial charge < -0.3 is 10.0 Å². The molecule has 1 aliphatic heterocycles. The third-order valence-corrected chi connectivity index (χ3v) is 3.82. The van der Waals surface area contributed by atoms with Crippen LogP contribution in [-0.2, 0) is 13.1 Å². The number of aromatic nitrogens is 2. The normalized spacial score (nSPS) is 13.6. The minimum atomic E-state index is -0.902. The van der Waals surface area contributed by atoms with E-state index in [9.17, 15) is 9.90 Å². The van der Waals surface area contributed by atoms with Crippen LogP contribution >= 0.6 is 0 Å². The minimum Gasteiger partial charge on any atom is -0.477 e. The van der Waals surface area contributed by atoms with Gasteiger partial charge in [-0.3, -0.25) is 0 Å². The zero-order chi connectivity index (χ0) is 14.3. The molecule has 2 aromatic rings. The van der Waals surface area contributed by atoms with Gasteiger partial charge in [-0.25, -0.2) is 9.48 Å². The lowest BCUT2D eigenvalue weighted by Gasteiger charge is -2.19. The van der Waals surface area contributed by atoms with Crippen molar-refractivity contribution < 1.29 is 9.90 Å². The monoisotopic (exact) mass is 271 g/mol. The van der Waals surface area contributed by atoms with Gasteiger partial charge in [-0.2, -0.15) is 5.10 Å². The number of rotatable bonds is 3. The Hall–Kier alpha value is -2.30. The van der Waals surface area contributed by atoms with E-state index < -0.39 is 5.97 Å². The van der Waals surface area contributed by atoms with Crippen molar-refractivity contribution in [3.8, 4) is 0 Å². The van der Waals surface area contributed by atoms with Crippen LogP contribution in [-0.4, -0.2) is 27.4 Å². The number of hydrogen-bond acceptors (Lipinski definition) is 3. The Morgan fingerprint density at radius 3 is 2.75 bits per heavy atom. The van der Waals surface area contributed by atoms with E-state index in [2.05, 4.69) is 29.1 Å². The Kier molecular flexibility index (Phi) is 2.97. The zero-order valence-electron chi connectivity index (χ0n) is 11.6. The molecule has 0 atom stereocenters. The maximum absolute atomic E-state index is 11.4. The lowest BCUT2D eigenvalue weighted by atomic mass is 10.1. The molecule has 0 saturated carbocycles. The van der Waals surface area contributed by atoms with Gasteiger partial charge in [0.05, 0.1) is 12.2 Å². The second kappa shape index (κ2) is 4.67. The Morgan fingerprint density at radius 1 is 1.30 bits per heavy atom. The van der Waals surface area contributed by atoms with Gasteiger partial charge >= 0.3 is 5.97 Å². The molecule has 1 aliphatic rings. The number of carboxylic acid groups (broad SMARTS) is 1. The molecule has 0 saturated heterocycles. The summed E-state index contributed by atoms with van der Waals surface area (Å²) in [7, 11) is 0. The van der Waals surface area contributed by atoms with E-state index in [1.807, 2.05) is 12.1 Å². The topological polar surface area (TPSA) is 58.4 Å². The fourth-order valence-corrected chi connectivity index (χ4v) is 2.77. The zero-order valence-corrected chi connectivity index (χ0v) is 11.6. The summed E-state index contributed by atoms with van der Waals surface area (Å²) in [6.07, 6.45) is 0. The molecule has 1 aromatic carbocycles. The largest absolute Gasteiger partial charge is 0.477 e. The second-order valence-corrected chi connectivity index (χ2v) is 5.16. The first-order valence-corrected chi connectivity index (χ1v) is 6.68. The molecule has 0 unspecified atom stereocenters. The van der Waals surface area contributed by atoms with Crippen LogP contribution in [0.3, 0.4) is 0 Å². The second-order valence-electron chi connectivity index (χ2n) is 5.16. The molecule has 20 heavy (non-hydrogen) atoms. The summed E-state index contributed by atoms with van der Waals surface area (Å²) in [6, 6.07) is 8.19. The highest BCUT2D eigenvalue weighted by atomic mass is 16.4. The Bertz CT molecular complexity index is 676. The number of hydrogen-bond donors (Lipinski definition) is 1. The highest BCUT2D eigenvalue weighted by Gasteiger charge is 2.29. The number of carboxylic acids is 1. The molecular weight excluding hydrogens is 254 g/mol. The number of benzene rings is 1. The van der Waals surface area contributed by atoms with Crippen molar-refractivity contribution in [2.75, 3.05) is 11.4 Å². The molecule has 0 fully saturated rings. The maximum Gasteiger partial charge on any atom is 0.341 e. The molecule has 3 rings (SSSR count). The maximum atomic E-state index is 11.4. The van der Waals surface area contributed by atoms with E-state index in [-0.39, 0.29) is 0 Å². The number of aromatic carboxylic acids is 1. The van der Waals surface area contributed by atoms with Crippen LogP contribution in [0, 0.1) is 13.8 Å². The number of aryl methyl sites for hydroxylation is 2. The summed E-state index contributed by atoms with van der Waals surface area (Å²) in [6.45, 7) is 6.09. The smallest absolute Gasteiger partial charge is 0.341 e. The molecule has 0 radical (unpaired) electrons. The molecule has 0 spiro atoms. The van der Waals surface area contributed by atoms with Gasteiger partial charge in [0.15, 0.2) is 0 Å². The van der Waals surface area contributed by atoms with E-state index in [1.165, 1.54) is 11.1 Å². The summed E-state index contributed by atoms with van der Waals surface area (Å²) in [5, 5.41) is 13.7. The van der Waals surface area contributed by atoms with Crippen LogP contribution in [0.15, 0.2) is 24.3 Å². The lowest BCUT2D eigenvalue weighted by Crippen LogP contribution is -2.22. The van der Waals surface area contributed by atoms with E-state index in [0.717, 1.165) is 25.5 Å². The summed E-state index contributed by atoms with van der Waals surface area (Å²) in [5.74, 6) is -0.168. The van der Waals surface area contributed by atoms with Gasteiger partial charge in [-0.1, -0.05) is 24.3 Å². The number of anilines is 1. The van der Waals surface area contributed by atoms with E-state index >= 15 is 0 Å². The molecular formula is C15H17N3O2. The van der Waals surface area contributed by atoms with Crippen LogP contribution in [0.1, 0.15) is 27.2 Å². The standard InChI is InChI=1S/C15H17N3O2/c1-10-5-3-4-6-12(10)9-17-7-8-18-14(17)13(15(19)20)11(2)16-18/h3-6H,7-9H2,1-2H3,(H,19,20). The molecule has 1 N–H and O–H groups in total. The first kappa shape index (κ1) is 12.7. The van der Waals surface area contributed by atoms with Crippen molar-refractivity contribution in [3.63, 3.8) is 0 Å². The van der Waals surface area contributed by atoms with Crippen LogP contribution in [0.25, 0.3) is 0 Å². The quantitative estimate of drug-likeness (QED) is 0.930. The Labute approximate surface area is 117 Å². The molecule has 0 bridgehead atoms. The van der Waals surface area contributed by atoms with E-state index in [4.69, 9.17) is 0 Å². The lowest BCUT2D eigenvalue weighted by molar-refractivity contribution is 0.0697. The third-order valence-electron chi connectivity index (χ3n) is 3.82. The van der Waals surface area contributed by atoms with E-state index in [1.54, 1.807) is 11.6 Å². The number of carbonyl (C=O) groups is 1. The number of fused-ring (bicyclic) bond motifs is 1. The number of nitrogens with zero attached hydrogens (tertiary/aromatic N) is 3. The molecule has 2 heterocycles. The van der Waals surface area contributed by atoms with Gasteiger partial charge in [-0.05, 0) is 25.0 Å². The molecule has 1 aromatic heterocycles. The SMILES string of the molecule is Cc1ccccc1CN1CCn2nc(C)c(C(=O)O)c21. The highest BCUT2D eigenvalue weighted by Crippen LogP contribution is 2.30. The summed E-state index contributed by atoms with van der Waals surface area (Å²) in [5.41, 5.74) is 3.35. The van der Waals surface area contributed by atoms with Crippen molar-refractivity contribution in [1.82, 2.24) is 9.78 Å². The average Bonchev–Trinajstić information content (AvgIpc) is 2.91. The first-order valence-electron chi connectivity index (χ1n) is 6.68. The molecule has 0 aliphatic carbocycles. The molecule has 0 amide bonds. The van der Waals surface area contributed by atoms with Gasteiger partial charge in [0, 0.05) is 13.1 Å². The van der Waals surface area contributed by atoms with Gasteiger partial charge in [0.1, 0.15) is 11.4 Å². The van der Waals surface area contributed by atoms with Crippen molar-refractivity contribution in [1.29, 1.82) is 0 Å². The summed E-state index contributed by atoms with van der Waals surface area (Å²) < 4.78 is 1.80. The van der Waals surface area contributed by atoms with Crippen LogP contribution in [0.4, 0.5) is 5.82 Å². The van der Waals surface area contributed by atoms with Gasteiger partial charge in [0.25, 0.3) is 0 Å². The van der Waals surface area contributed by atoms with E-state index in [0.29, 0.717) is 11.3 Å². The van der Waals surface area contributed by atoms with Gasteiger partial charge in [0.2, 0.25) is 0 Å². The van der Waals surface area contributed by atoms with Crippen molar-refractivity contribution in [2.24, 2.45) is 0 Å². The van der Waals surface area contributed by atoms with Gasteiger partial charge in [-0.15, -0.1) is 0 Å². The minimum absolute atomic E-state index is 0.330. The molecule has 104 valence electrons. The van der Waals surface area contributed by atoms with Crippen LogP contribution in [0.2, 0.25) is 0 Å². The highest BCUT2D eigenvalue weighted by molar-refractivity contribution is 5.95. The van der Waals surface area contributed by atoms with Crippen molar-refractivity contribution in [3.05, 3.63) is 46.6 Å². The summed E-state index contributed by atoms with van der Waals surface area (Å²) >= 11 is 0. The van der Waals surface area contributed by atoms with Crippen LogP contribution in [0.5, 0.6) is 0 Å². The molecule has 5 heteroatoms. The Balaban J connectivity index is 1.97. The van der Waals surface area contributed by atoms with Crippen LogP contribution < -0.4 is 4.90 Å². The van der Waals surface area contributed by atoms with Crippen molar-refractivity contribution in [2.45, 2.75) is 26.9 Å². The fraction of sp³-hybridized carbons (Fsp3) is 0.333. The average molecular weight is 271 g/mol. The third kappa shape index (κ3) is 1.95. The van der Waals surface area contributed by atoms with Crippen molar-refractivity contribution >= 4 is 11.8 Å². The predicted octanol–water partition coefficient (Wildman–Crippen LogP) is 2.22.